The minimum Gasteiger partial charge on any atom is -0.377 e. The summed E-state index contributed by atoms with van der Waals surface area (Å²) in [5, 5.41) is 3.30. The summed E-state index contributed by atoms with van der Waals surface area (Å²) in [5.74, 6) is 0. The van der Waals surface area contributed by atoms with Gasteiger partial charge in [-0.15, -0.1) is 0 Å². The van der Waals surface area contributed by atoms with Gasteiger partial charge in [0.05, 0.1) is 18.8 Å². The monoisotopic (exact) mass is 235 g/mol. The fourth-order valence-corrected chi connectivity index (χ4v) is 1.84. The van der Waals surface area contributed by atoms with E-state index in [1.54, 1.807) is 0 Å². The molecule has 0 aliphatic heterocycles. The molecule has 1 N–H and O–H groups in total. The molecule has 17 heavy (non-hydrogen) atoms. The van der Waals surface area contributed by atoms with Gasteiger partial charge in [-0.1, -0.05) is 37.6 Å². The van der Waals surface area contributed by atoms with E-state index >= 15 is 0 Å². The number of benzene rings is 1. The molecule has 96 valence electrons. The molecule has 2 nitrogen and oxygen atoms in total. The number of aryl methyl sites for hydroxylation is 1. The summed E-state index contributed by atoms with van der Waals surface area (Å²) in [4.78, 5) is 0. The Kier molecular flexibility index (Phi) is 6.23. The predicted molar refractivity (Wildman–Crippen MR) is 73.3 cm³/mol. The second kappa shape index (κ2) is 7.46. The molecule has 0 amide bonds. The molecule has 1 rings (SSSR count). The fraction of sp³-hybridized carbons (Fsp3) is 0.600. The van der Waals surface area contributed by atoms with Crippen LogP contribution in [0.1, 0.15) is 44.4 Å². The highest BCUT2D eigenvalue weighted by atomic mass is 16.5. The van der Waals surface area contributed by atoms with Gasteiger partial charge in [0.25, 0.3) is 0 Å². The first-order chi connectivity index (χ1) is 8.17. The lowest BCUT2D eigenvalue weighted by atomic mass is 10.0. The average molecular weight is 235 g/mol. The quantitative estimate of drug-likeness (QED) is 0.782. The zero-order valence-corrected chi connectivity index (χ0v) is 11.5. The molecule has 0 radical (unpaired) electrons. The average Bonchev–Trinajstić information content (AvgIpc) is 2.32. The molecule has 2 heteroatoms. The molecule has 0 heterocycles. The molecule has 0 aromatic heterocycles. The summed E-state index contributed by atoms with van der Waals surface area (Å²) in [6, 6.07) is 9.14. The third kappa shape index (κ3) is 4.88. The van der Waals surface area contributed by atoms with Crippen molar-refractivity contribution in [3.05, 3.63) is 35.4 Å². The number of likely N-dealkylation sites (N-methyl/N-ethyl adjacent to an activating group) is 1. The predicted octanol–water partition coefficient (Wildman–Crippen LogP) is 3.32. The summed E-state index contributed by atoms with van der Waals surface area (Å²) in [7, 11) is 1.98. The first kappa shape index (κ1) is 14.2. The van der Waals surface area contributed by atoms with Crippen LogP contribution >= 0.6 is 0 Å². The van der Waals surface area contributed by atoms with E-state index in [1.165, 1.54) is 17.5 Å². The van der Waals surface area contributed by atoms with Gasteiger partial charge in [0, 0.05) is 0 Å². The molecule has 0 aliphatic rings. The number of rotatable bonds is 7. The van der Waals surface area contributed by atoms with Crippen LogP contribution in [-0.4, -0.2) is 19.8 Å². The molecule has 0 spiro atoms. The van der Waals surface area contributed by atoms with E-state index in [-0.39, 0.29) is 12.1 Å². The Hall–Kier alpha value is -0.860. The molecule has 1 unspecified atom stereocenters. The molecule has 1 aromatic rings. The Morgan fingerprint density at radius 3 is 2.29 bits per heavy atom. The Bertz CT molecular complexity index is 305. The SMILES string of the molecule is CCCc1ccc(C(COC(C)C)NC)cc1. The molecule has 0 bridgehead atoms. The van der Waals surface area contributed by atoms with Crippen molar-refractivity contribution in [2.24, 2.45) is 0 Å². The number of ether oxygens (including phenoxy) is 1. The lowest BCUT2D eigenvalue weighted by Gasteiger charge is -2.18. The first-order valence-corrected chi connectivity index (χ1v) is 6.55. The Balaban J connectivity index is 2.61. The van der Waals surface area contributed by atoms with Crippen molar-refractivity contribution in [3.8, 4) is 0 Å². The number of hydrogen-bond donors (Lipinski definition) is 1. The highest BCUT2D eigenvalue weighted by Crippen LogP contribution is 2.15. The van der Waals surface area contributed by atoms with Crippen LogP contribution in [0.5, 0.6) is 0 Å². The van der Waals surface area contributed by atoms with E-state index < -0.39 is 0 Å². The summed E-state index contributed by atoms with van der Waals surface area (Å²) >= 11 is 0. The van der Waals surface area contributed by atoms with Crippen LogP contribution in [0.25, 0.3) is 0 Å². The molecule has 1 atom stereocenters. The van der Waals surface area contributed by atoms with Crippen molar-refractivity contribution in [3.63, 3.8) is 0 Å². The van der Waals surface area contributed by atoms with E-state index in [9.17, 15) is 0 Å². The molecule has 0 saturated carbocycles. The third-order valence-electron chi connectivity index (χ3n) is 2.87. The third-order valence-corrected chi connectivity index (χ3v) is 2.87. The zero-order valence-electron chi connectivity index (χ0n) is 11.5. The topological polar surface area (TPSA) is 21.3 Å². The van der Waals surface area contributed by atoms with Crippen LogP contribution in [0.15, 0.2) is 24.3 Å². The maximum absolute atomic E-state index is 5.66. The Morgan fingerprint density at radius 2 is 1.82 bits per heavy atom. The van der Waals surface area contributed by atoms with E-state index in [4.69, 9.17) is 4.74 Å². The maximum Gasteiger partial charge on any atom is 0.0664 e. The highest BCUT2D eigenvalue weighted by Gasteiger charge is 2.09. The van der Waals surface area contributed by atoms with Gasteiger partial charge in [0.15, 0.2) is 0 Å². The second-order valence-corrected chi connectivity index (χ2v) is 4.71. The molecular weight excluding hydrogens is 210 g/mol. The van der Waals surface area contributed by atoms with Gasteiger partial charge in [0.2, 0.25) is 0 Å². The van der Waals surface area contributed by atoms with Gasteiger partial charge in [0.1, 0.15) is 0 Å². The van der Waals surface area contributed by atoms with Crippen molar-refractivity contribution >= 4 is 0 Å². The molecule has 1 aromatic carbocycles. The van der Waals surface area contributed by atoms with Crippen molar-refractivity contribution in [2.45, 2.75) is 45.8 Å². The van der Waals surface area contributed by atoms with Crippen molar-refractivity contribution in [1.82, 2.24) is 5.32 Å². The Morgan fingerprint density at radius 1 is 1.18 bits per heavy atom. The van der Waals surface area contributed by atoms with Crippen molar-refractivity contribution in [1.29, 1.82) is 0 Å². The van der Waals surface area contributed by atoms with Gasteiger partial charge in [-0.3, -0.25) is 0 Å². The summed E-state index contributed by atoms with van der Waals surface area (Å²) < 4.78 is 5.66. The van der Waals surface area contributed by atoms with Crippen LogP contribution < -0.4 is 5.32 Å². The fourth-order valence-electron chi connectivity index (χ4n) is 1.84. The molecule has 0 saturated heterocycles. The number of nitrogens with one attached hydrogen (secondary N) is 1. The Labute approximate surface area is 105 Å². The van der Waals surface area contributed by atoms with Crippen LogP contribution in [0, 0.1) is 0 Å². The van der Waals surface area contributed by atoms with E-state index in [2.05, 4.69) is 50.4 Å². The van der Waals surface area contributed by atoms with Gasteiger partial charge < -0.3 is 10.1 Å². The zero-order chi connectivity index (χ0) is 12.7. The van der Waals surface area contributed by atoms with Gasteiger partial charge in [-0.05, 0) is 38.4 Å². The second-order valence-electron chi connectivity index (χ2n) is 4.71. The van der Waals surface area contributed by atoms with Crippen molar-refractivity contribution < 1.29 is 4.74 Å². The number of hydrogen-bond acceptors (Lipinski definition) is 2. The largest absolute Gasteiger partial charge is 0.377 e. The van der Waals surface area contributed by atoms with Crippen LogP contribution in [0.2, 0.25) is 0 Å². The summed E-state index contributed by atoms with van der Waals surface area (Å²) in [6.45, 7) is 7.07. The maximum atomic E-state index is 5.66. The van der Waals surface area contributed by atoms with E-state index in [0.717, 1.165) is 13.0 Å². The van der Waals surface area contributed by atoms with Gasteiger partial charge in [-0.25, -0.2) is 0 Å². The standard InChI is InChI=1S/C15H25NO/c1-5-6-13-7-9-14(10-8-13)15(16-4)11-17-12(2)3/h7-10,12,15-16H,5-6,11H2,1-4H3. The lowest BCUT2D eigenvalue weighted by molar-refractivity contribution is 0.0626. The first-order valence-electron chi connectivity index (χ1n) is 6.55. The van der Waals surface area contributed by atoms with Crippen LogP contribution in [0.3, 0.4) is 0 Å². The lowest BCUT2D eigenvalue weighted by Crippen LogP contribution is -2.23. The summed E-state index contributed by atoms with van der Waals surface area (Å²) in [5.41, 5.74) is 2.71. The van der Waals surface area contributed by atoms with Crippen LogP contribution in [0.4, 0.5) is 0 Å². The summed E-state index contributed by atoms with van der Waals surface area (Å²) in [6.07, 6.45) is 2.64. The molecular formula is C15H25NO. The molecule has 0 aliphatic carbocycles. The van der Waals surface area contributed by atoms with Crippen LogP contribution in [-0.2, 0) is 11.2 Å². The smallest absolute Gasteiger partial charge is 0.0664 e. The van der Waals surface area contributed by atoms with E-state index in [0.29, 0.717) is 0 Å². The highest BCUT2D eigenvalue weighted by molar-refractivity contribution is 5.25. The van der Waals surface area contributed by atoms with Gasteiger partial charge >= 0.3 is 0 Å². The molecule has 0 fully saturated rings. The van der Waals surface area contributed by atoms with Crippen molar-refractivity contribution in [2.75, 3.05) is 13.7 Å². The normalized spacial score (nSPS) is 13.0. The van der Waals surface area contributed by atoms with E-state index in [1.807, 2.05) is 7.05 Å². The minimum atomic E-state index is 0.283. The minimum absolute atomic E-state index is 0.283. The van der Waals surface area contributed by atoms with Gasteiger partial charge in [-0.2, -0.15) is 0 Å².